The number of rotatable bonds is 7. The fourth-order valence-electron chi connectivity index (χ4n) is 3.83. The molecule has 0 spiro atoms. The van der Waals surface area contributed by atoms with Gasteiger partial charge in [-0.2, -0.15) is 0 Å². The van der Waals surface area contributed by atoms with Crippen molar-refractivity contribution < 1.29 is 19.1 Å². The monoisotopic (exact) mass is 499 g/mol. The predicted molar refractivity (Wildman–Crippen MR) is 140 cm³/mol. The SMILES string of the molecule is CC(C)(NC(=O)c1ccc2c(c1)OCO2)C(=O)Nc1nc(-c2ccccc2)c(Cc2ccccc2)s1. The zero-order valence-electron chi connectivity index (χ0n) is 19.9. The van der Waals surface area contributed by atoms with Gasteiger partial charge in [-0.05, 0) is 37.6 Å². The van der Waals surface area contributed by atoms with Crippen molar-refractivity contribution in [2.45, 2.75) is 25.8 Å². The zero-order chi connectivity index (χ0) is 25.1. The first-order valence-corrected chi connectivity index (χ1v) is 12.3. The molecule has 0 fully saturated rings. The van der Waals surface area contributed by atoms with E-state index in [-0.39, 0.29) is 18.6 Å². The molecule has 1 aliphatic rings. The van der Waals surface area contributed by atoms with E-state index in [1.165, 1.54) is 11.3 Å². The summed E-state index contributed by atoms with van der Waals surface area (Å²) < 4.78 is 10.6. The summed E-state index contributed by atoms with van der Waals surface area (Å²) in [4.78, 5) is 31.9. The average molecular weight is 500 g/mol. The van der Waals surface area contributed by atoms with Crippen LogP contribution in [-0.4, -0.2) is 29.1 Å². The molecule has 2 N–H and O–H groups in total. The van der Waals surface area contributed by atoms with E-state index >= 15 is 0 Å². The first-order valence-electron chi connectivity index (χ1n) is 11.5. The lowest BCUT2D eigenvalue weighted by atomic mass is 10.0. The molecule has 0 radical (unpaired) electrons. The smallest absolute Gasteiger partial charge is 0.252 e. The molecule has 1 aromatic heterocycles. The van der Waals surface area contributed by atoms with Crippen LogP contribution < -0.4 is 20.1 Å². The molecular formula is C28H25N3O4S. The van der Waals surface area contributed by atoms with Crippen molar-refractivity contribution in [3.63, 3.8) is 0 Å². The molecule has 5 rings (SSSR count). The number of hydrogen-bond donors (Lipinski definition) is 2. The topological polar surface area (TPSA) is 89.5 Å². The van der Waals surface area contributed by atoms with E-state index < -0.39 is 5.54 Å². The van der Waals surface area contributed by atoms with Gasteiger partial charge in [0, 0.05) is 22.4 Å². The lowest BCUT2D eigenvalue weighted by molar-refractivity contribution is -0.120. The first kappa shape index (κ1) is 23.6. The van der Waals surface area contributed by atoms with Crippen LogP contribution in [0.15, 0.2) is 78.9 Å². The third kappa shape index (κ3) is 5.08. The number of anilines is 1. The van der Waals surface area contributed by atoms with Crippen molar-refractivity contribution in [2.24, 2.45) is 0 Å². The lowest BCUT2D eigenvalue weighted by Gasteiger charge is -2.24. The van der Waals surface area contributed by atoms with Crippen LogP contribution in [0.4, 0.5) is 5.13 Å². The number of aromatic nitrogens is 1. The van der Waals surface area contributed by atoms with E-state index in [0.717, 1.165) is 21.7 Å². The van der Waals surface area contributed by atoms with Crippen LogP contribution in [0.2, 0.25) is 0 Å². The molecule has 0 unspecified atom stereocenters. The minimum absolute atomic E-state index is 0.124. The van der Waals surface area contributed by atoms with E-state index in [9.17, 15) is 9.59 Å². The third-order valence-electron chi connectivity index (χ3n) is 5.80. The van der Waals surface area contributed by atoms with Crippen LogP contribution in [0.5, 0.6) is 11.5 Å². The quantitative estimate of drug-likeness (QED) is 0.361. The molecule has 0 aliphatic carbocycles. The maximum atomic E-state index is 13.2. The number of thiazole rings is 1. The van der Waals surface area contributed by atoms with Crippen molar-refractivity contribution in [2.75, 3.05) is 12.1 Å². The molecule has 7 nitrogen and oxygen atoms in total. The van der Waals surface area contributed by atoms with Gasteiger partial charge in [-0.25, -0.2) is 4.98 Å². The van der Waals surface area contributed by atoms with Crippen LogP contribution in [0.3, 0.4) is 0 Å². The largest absolute Gasteiger partial charge is 0.454 e. The van der Waals surface area contributed by atoms with Crippen molar-refractivity contribution in [3.8, 4) is 22.8 Å². The van der Waals surface area contributed by atoms with Crippen molar-refractivity contribution in [3.05, 3.63) is 94.9 Å². The molecule has 2 amide bonds. The van der Waals surface area contributed by atoms with Gasteiger partial charge in [0.15, 0.2) is 16.6 Å². The van der Waals surface area contributed by atoms with Crippen molar-refractivity contribution in [1.82, 2.24) is 10.3 Å². The number of ether oxygens (including phenoxy) is 2. The van der Waals surface area contributed by atoms with E-state index in [1.807, 2.05) is 48.5 Å². The van der Waals surface area contributed by atoms with Crippen LogP contribution in [0, 0.1) is 0 Å². The van der Waals surface area contributed by atoms with Gasteiger partial charge in [-0.3, -0.25) is 14.9 Å². The van der Waals surface area contributed by atoms with Crippen LogP contribution in [0.1, 0.15) is 34.6 Å². The number of benzene rings is 3. The summed E-state index contributed by atoms with van der Waals surface area (Å²) in [6.45, 7) is 3.44. The summed E-state index contributed by atoms with van der Waals surface area (Å²) in [5.74, 6) is 0.346. The number of fused-ring (bicyclic) bond motifs is 1. The molecule has 4 aromatic rings. The Labute approximate surface area is 213 Å². The highest BCUT2D eigenvalue weighted by molar-refractivity contribution is 7.16. The number of carbonyl (C=O) groups is 2. The molecule has 3 aromatic carbocycles. The summed E-state index contributed by atoms with van der Waals surface area (Å²) in [6, 6.07) is 25.0. The Kier molecular flexibility index (Phi) is 6.43. The Bertz CT molecular complexity index is 1400. The minimum Gasteiger partial charge on any atom is -0.454 e. The third-order valence-corrected chi connectivity index (χ3v) is 6.77. The lowest BCUT2D eigenvalue weighted by Crippen LogP contribution is -2.52. The number of carbonyl (C=O) groups excluding carboxylic acids is 2. The number of amides is 2. The minimum atomic E-state index is -1.19. The maximum Gasteiger partial charge on any atom is 0.252 e. The molecular weight excluding hydrogens is 474 g/mol. The van der Waals surface area contributed by atoms with Gasteiger partial charge < -0.3 is 14.8 Å². The Balaban J connectivity index is 1.34. The van der Waals surface area contributed by atoms with Gasteiger partial charge in [0.05, 0.1) is 5.69 Å². The van der Waals surface area contributed by atoms with Crippen LogP contribution >= 0.6 is 11.3 Å². The molecule has 182 valence electrons. The Morgan fingerprint density at radius 1 is 0.944 bits per heavy atom. The van der Waals surface area contributed by atoms with Gasteiger partial charge in [-0.15, -0.1) is 11.3 Å². The molecule has 0 saturated heterocycles. The van der Waals surface area contributed by atoms with Crippen molar-refractivity contribution >= 4 is 28.3 Å². The molecule has 1 aliphatic heterocycles. The van der Waals surface area contributed by atoms with E-state index in [4.69, 9.17) is 14.5 Å². The summed E-state index contributed by atoms with van der Waals surface area (Å²) >= 11 is 1.44. The predicted octanol–water partition coefficient (Wildman–Crippen LogP) is 5.28. The standard InChI is InChI=1S/C28H25N3O4S/c1-28(2,31-25(32)20-13-14-21-22(16-20)35-17-34-21)26(33)30-27-29-24(19-11-7-4-8-12-19)23(36-27)15-18-9-5-3-6-10-18/h3-14,16H,15,17H2,1-2H3,(H,31,32)(H,29,30,33). The molecule has 0 atom stereocenters. The van der Waals surface area contributed by atoms with Gasteiger partial charge in [-0.1, -0.05) is 60.7 Å². The van der Waals surface area contributed by atoms with E-state index in [2.05, 4.69) is 22.8 Å². The Morgan fingerprint density at radius 2 is 1.64 bits per heavy atom. The average Bonchev–Trinajstić information content (AvgIpc) is 3.51. The van der Waals surface area contributed by atoms with Crippen LogP contribution in [-0.2, 0) is 11.2 Å². The normalized spacial score (nSPS) is 12.3. The Hall–Kier alpha value is -4.17. The second kappa shape index (κ2) is 9.83. The first-order chi connectivity index (χ1) is 17.4. The fraction of sp³-hybridized carbons (Fsp3) is 0.179. The number of nitrogens with zero attached hydrogens (tertiary/aromatic N) is 1. The maximum absolute atomic E-state index is 13.2. The number of hydrogen-bond acceptors (Lipinski definition) is 6. The van der Waals surface area contributed by atoms with Gasteiger partial charge in [0.2, 0.25) is 6.79 Å². The highest BCUT2D eigenvalue weighted by atomic mass is 32.1. The summed E-state index contributed by atoms with van der Waals surface area (Å²) in [6.07, 6.45) is 0.697. The van der Waals surface area contributed by atoms with Crippen molar-refractivity contribution in [1.29, 1.82) is 0 Å². The summed E-state index contributed by atoms with van der Waals surface area (Å²) in [5, 5.41) is 6.19. The van der Waals surface area contributed by atoms with Gasteiger partial charge >= 0.3 is 0 Å². The molecule has 0 bridgehead atoms. The second-order valence-corrected chi connectivity index (χ2v) is 10.0. The summed E-state index contributed by atoms with van der Waals surface area (Å²) in [7, 11) is 0. The fourth-order valence-corrected chi connectivity index (χ4v) is 4.84. The molecule has 0 saturated carbocycles. The molecule has 2 heterocycles. The number of nitrogens with one attached hydrogen (secondary N) is 2. The zero-order valence-corrected chi connectivity index (χ0v) is 20.7. The highest BCUT2D eigenvalue weighted by Gasteiger charge is 2.31. The van der Waals surface area contributed by atoms with Gasteiger partial charge in [0.1, 0.15) is 5.54 Å². The van der Waals surface area contributed by atoms with E-state index in [1.54, 1.807) is 32.0 Å². The van der Waals surface area contributed by atoms with Gasteiger partial charge in [0.25, 0.3) is 11.8 Å². The summed E-state index contributed by atoms with van der Waals surface area (Å²) in [5.41, 5.74) is 2.17. The highest BCUT2D eigenvalue weighted by Crippen LogP contribution is 2.34. The van der Waals surface area contributed by atoms with Crippen LogP contribution in [0.25, 0.3) is 11.3 Å². The molecule has 36 heavy (non-hydrogen) atoms. The molecule has 8 heteroatoms. The Morgan fingerprint density at radius 3 is 2.39 bits per heavy atom. The second-order valence-electron chi connectivity index (χ2n) is 8.92. The van der Waals surface area contributed by atoms with E-state index in [0.29, 0.717) is 28.6 Å².